The van der Waals surface area contributed by atoms with Crippen molar-refractivity contribution in [2.75, 3.05) is 13.7 Å². The Labute approximate surface area is 123 Å². The van der Waals surface area contributed by atoms with Crippen molar-refractivity contribution >= 4 is 0 Å². The highest BCUT2D eigenvalue weighted by Gasteiger charge is 2.10. The van der Waals surface area contributed by atoms with E-state index in [4.69, 9.17) is 9.47 Å². The van der Waals surface area contributed by atoms with E-state index in [1.165, 1.54) is 12.0 Å². The van der Waals surface area contributed by atoms with E-state index >= 15 is 0 Å². The second kappa shape index (κ2) is 7.53. The van der Waals surface area contributed by atoms with Crippen LogP contribution in [0.4, 0.5) is 0 Å². The predicted molar refractivity (Wildman–Crippen MR) is 84.5 cm³/mol. The molecule has 0 bridgehead atoms. The van der Waals surface area contributed by atoms with Crippen molar-refractivity contribution in [1.29, 1.82) is 0 Å². The van der Waals surface area contributed by atoms with Gasteiger partial charge in [-0.05, 0) is 49.9 Å². The van der Waals surface area contributed by atoms with Crippen molar-refractivity contribution in [3.05, 3.63) is 23.8 Å². The summed E-state index contributed by atoms with van der Waals surface area (Å²) >= 11 is 0. The first-order valence-electron chi connectivity index (χ1n) is 7.36. The van der Waals surface area contributed by atoms with Crippen LogP contribution in [0.3, 0.4) is 0 Å². The summed E-state index contributed by atoms with van der Waals surface area (Å²) in [6.45, 7) is 12.7. The molecule has 1 rings (SSSR count). The molecule has 114 valence electrons. The molecule has 0 fully saturated rings. The van der Waals surface area contributed by atoms with Gasteiger partial charge < -0.3 is 14.8 Å². The van der Waals surface area contributed by atoms with Crippen molar-refractivity contribution in [2.45, 2.75) is 53.7 Å². The van der Waals surface area contributed by atoms with Gasteiger partial charge in [-0.15, -0.1) is 0 Å². The molecule has 20 heavy (non-hydrogen) atoms. The molecule has 3 heteroatoms. The zero-order chi connectivity index (χ0) is 15.2. The second-order valence-corrected chi connectivity index (χ2v) is 6.64. The summed E-state index contributed by atoms with van der Waals surface area (Å²) in [5.41, 5.74) is 1.59. The lowest BCUT2D eigenvalue weighted by atomic mass is 9.92. The number of hydrogen-bond acceptors (Lipinski definition) is 3. The fourth-order valence-corrected chi connectivity index (χ4v) is 1.87. The Hall–Kier alpha value is -1.22. The van der Waals surface area contributed by atoms with Crippen LogP contribution in [0.25, 0.3) is 0 Å². The molecule has 0 heterocycles. The molecule has 1 aromatic rings. The molecule has 0 radical (unpaired) electrons. The van der Waals surface area contributed by atoms with E-state index in [0.29, 0.717) is 5.41 Å². The first-order chi connectivity index (χ1) is 9.31. The second-order valence-electron chi connectivity index (χ2n) is 6.64. The molecule has 0 saturated heterocycles. The number of benzene rings is 1. The SMILES string of the molecule is COc1cc(CNCCC(C)(C)C)ccc1OC(C)C. The van der Waals surface area contributed by atoms with Gasteiger partial charge in [0.15, 0.2) is 11.5 Å². The van der Waals surface area contributed by atoms with Crippen LogP contribution in [0.15, 0.2) is 18.2 Å². The molecule has 3 nitrogen and oxygen atoms in total. The van der Waals surface area contributed by atoms with Crippen molar-refractivity contribution in [3.8, 4) is 11.5 Å². The zero-order valence-corrected chi connectivity index (χ0v) is 13.7. The summed E-state index contributed by atoms with van der Waals surface area (Å²) < 4.78 is 11.1. The highest BCUT2D eigenvalue weighted by molar-refractivity contribution is 5.43. The molecular weight excluding hydrogens is 250 g/mol. The number of ether oxygens (including phenoxy) is 2. The van der Waals surface area contributed by atoms with E-state index in [9.17, 15) is 0 Å². The Balaban J connectivity index is 2.55. The Morgan fingerprint density at radius 3 is 2.40 bits per heavy atom. The molecule has 0 aromatic heterocycles. The zero-order valence-electron chi connectivity index (χ0n) is 13.7. The first kappa shape index (κ1) is 16.8. The van der Waals surface area contributed by atoms with E-state index in [2.05, 4.69) is 32.2 Å². The van der Waals surface area contributed by atoms with Crippen molar-refractivity contribution in [3.63, 3.8) is 0 Å². The molecule has 0 unspecified atom stereocenters. The fraction of sp³-hybridized carbons (Fsp3) is 0.647. The molecule has 1 N–H and O–H groups in total. The number of nitrogens with one attached hydrogen (secondary N) is 1. The number of rotatable bonds is 7. The van der Waals surface area contributed by atoms with Crippen LogP contribution in [0.1, 0.15) is 46.6 Å². The van der Waals surface area contributed by atoms with Gasteiger partial charge >= 0.3 is 0 Å². The molecule has 0 aliphatic heterocycles. The lowest BCUT2D eigenvalue weighted by Crippen LogP contribution is -2.20. The van der Waals surface area contributed by atoms with Gasteiger partial charge in [-0.1, -0.05) is 26.8 Å². The molecular formula is C17H29NO2. The van der Waals surface area contributed by atoms with Crippen molar-refractivity contribution in [2.24, 2.45) is 5.41 Å². The lowest BCUT2D eigenvalue weighted by molar-refractivity contribution is 0.230. The highest BCUT2D eigenvalue weighted by Crippen LogP contribution is 2.29. The van der Waals surface area contributed by atoms with E-state index in [-0.39, 0.29) is 6.10 Å². The van der Waals surface area contributed by atoms with Crippen LogP contribution < -0.4 is 14.8 Å². The third-order valence-electron chi connectivity index (χ3n) is 2.97. The third-order valence-corrected chi connectivity index (χ3v) is 2.97. The van der Waals surface area contributed by atoms with Gasteiger partial charge in [0.25, 0.3) is 0 Å². The Morgan fingerprint density at radius 1 is 1.15 bits per heavy atom. The maximum atomic E-state index is 5.72. The Morgan fingerprint density at radius 2 is 1.85 bits per heavy atom. The Bertz CT molecular complexity index is 408. The lowest BCUT2D eigenvalue weighted by Gasteiger charge is -2.18. The van der Waals surface area contributed by atoms with Gasteiger partial charge in [0.05, 0.1) is 13.2 Å². The number of hydrogen-bond donors (Lipinski definition) is 1. The van der Waals surface area contributed by atoms with Crippen LogP contribution in [0.2, 0.25) is 0 Å². The molecule has 1 aromatic carbocycles. The van der Waals surface area contributed by atoms with E-state index in [0.717, 1.165) is 24.6 Å². The maximum Gasteiger partial charge on any atom is 0.161 e. The first-order valence-corrected chi connectivity index (χ1v) is 7.36. The summed E-state index contributed by atoms with van der Waals surface area (Å²) in [5.74, 6) is 1.61. The third kappa shape index (κ3) is 6.29. The monoisotopic (exact) mass is 279 g/mol. The van der Waals surface area contributed by atoms with Gasteiger partial charge in [-0.2, -0.15) is 0 Å². The highest BCUT2D eigenvalue weighted by atomic mass is 16.5. The van der Waals surface area contributed by atoms with E-state index < -0.39 is 0 Å². The minimum atomic E-state index is 0.152. The van der Waals surface area contributed by atoms with Gasteiger partial charge in [0.2, 0.25) is 0 Å². The number of methoxy groups -OCH3 is 1. The van der Waals surface area contributed by atoms with Crippen molar-refractivity contribution in [1.82, 2.24) is 5.32 Å². The van der Waals surface area contributed by atoms with E-state index in [1.807, 2.05) is 26.0 Å². The van der Waals surface area contributed by atoms with Gasteiger partial charge in [-0.25, -0.2) is 0 Å². The summed E-state index contributed by atoms with van der Waals surface area (Å²) in [6.07, 6.45) is 1.32. The minimum Gasteiger partial charge on any atom is -0.493 e. The molecule has 0 aliphatic carbocycles. The van der Waals surface area contributed by atoms with Crippen molar-refractivity contribution < 1.29 is 9.47 Å². The topological polar surface area (TPSA) is 30.5 Å². The van der Waals surface area contributed by atoms with Crippen LogP contribution in [-0.2, 0) is 6.54 Å². The van der Waals surface area contributed by atoms with Crippen LogP contribution in [0.5, 0.6) is 11.5 Å². The van der Waals surface area contributed by atoms with Crippen LogP contribution in [-0.4, -0.2) is 19.8 Å². The predicted octanol–water partition coefficient (Wildman–Crippen LogP) is 4.01. The fourth-order valence-electron chi connectivity index (χ4n) is 1.87. The largest absolute Gasteiger partial charge is 0.493 e. The molecule has 0 saturated carbocycles. The maximum absolute atomic E-state index is 5.72. The summed E-state index contributed by atoms with van der Waals surface area (Å²) in [6, 6.07) is 6.12. The van der Waals surface area contributed by atoms with E-state index in [1.54, 1.807) is 7.11 Å². The quantitative estimate of drug-likeness (QED) is 0.765. The summed E-state index contributed by atoms with van der Waals surface area (Å²) in [7, 11) is 1.68. The summed E-state index contributed by atoms with van der Waals surface area (Å²) in [4.78, 5) is 0. The van der Waals surface area contributed by atoms with Gasteiger partial charge in [0, 0.05) is 6.54 Å². The standard InChI is InChI=1S/C17H29NO2/c1-13(2)20-15-8-7-14(11-16(15)19-6)12-18-10-9-17(3,4)5/h7-8,11,13,18H,9-10,12H2,1-6H3. The molecule has 0 amide bonds. The van der Waals surface area contributed by atoms with Crippen LogP contribution >= 0.6 is 0 Å². The van der Waals surface area contributed by atoms with Gasteiger partial charge in [-0.3, -0.25) is 0 Å². The molecule has 0 aliphatic rings. The Kier molecular flexibility index (Phi) is 6.34. The summed E-state index contributed by atoms with van der Waals surface area (Å²) in [5, 5.41) is 3.47. The smallest absolute Gasteiger partial charge is 0.161 e. The average molecular weight is 279 g/mol. The molecule has 0 atom stereocenters. The van der Waals surface area contributed by atoms with Gasteiger partial charge in [0.1, 0.15) is 0 Å². The van der Waals surface area contributed by atoms with Crippen LogP contribution in [0, 0.1) is 5.41 Å². The molecule has 0 spiro atoms. The normalized spacial score (nSPS) is 11.8. The average Bonchev–Trinajstić information content (AvgIpc) is 2.34. The minimum absolute atomic E-state index is 0.152.